The van der Waals surface area contributed by atoms with Gasteiger partial charge in [-0.3, -0.25) is 0 Å². The molecule has 0 aliphatic heterocycles. The van der Waals surface area contributed by atoms with Gasteiger partial charge in [-0.15, -0.1) is 0 Å². The van der Waals surface area contributed by atoms with Crippen molar-refractivity contribution in [3.63, 3.8) is 0 Å². The number of halogens is 3. The van der Waals surface area contributed by atoms with Gasteiger partial charge >= 0.3 is 11.8 Å². The van der Waals surface area contributed by atoms with E-state index in [2.05, 4.69) is 0 Å². The third-order valence-electron chi connectivity index (χ3n) is 5.71. The number of fused-ring (bicyclic) bond motifs is 1. The molecule has 1 fully saturated rings. The van der Waals surface area contributed by atoms with Crippen LogP contribution in [0.25, 0.3) is 11.0 Å². The molecule has 0 atom stereocenters. The lowest BCUT2D eigenvalue weighted by molar-refractivity contribution is -0.136. The van der Waals surface area contributed by atoms with Gasteiger partial charge in [-0.2, -0.15) is 17.5 Å². The summed E-state index contributed by atoms with van der Waals surface area (Å²) in [6, 6.07) is 11.2. The van der Waals surface area contributed by atoms with Gasteiger partial charge < -0.3 is 4.42 Å². The van der Waals surface area contributed by atoms with Crippen molar-refractivity contribution in [2.75, 3.05) is 13.1 Å². The molecule has 0 unspecified atom stereocenters. The number of hydrogen-bond acceptors (Lipinski definition) is 4. The molecular weight excluding hydrogens is 455 g/mol. The molecule has 0 saturated heterocycles. The average molecular weight is 480 g/mol. The van der Waals surface area contributed by atoms with E-state index < -0.39 is 27.4 Å². The van der Waals surface area contributed by atoms with Crippen LogP contribution in [0.1, 0.15) is 42.9 Å². The van der Waals surface area contributed by atoms with Crippen LogP contribution in [0.4, 0.5) is 13.2 Å². The first-order chi connectivity index (χ1) is 15.6. The Hall–Kier alpha value is -2.65. The van der Waals surface area contributed by atoms with E-state index in [0.29, 0.717) is 37.1 Å². The summed E-state index contributed by atoms with van der Waals surface area (Å²) >= 11 is 0. The predicted octanol–water partition coefficient (Wildman–Crippen LogP) is 5.21. The highest BCUT2D eigenvalue weighted by Crippen LogP contribution is 2.35. The molecule has 176 valence electrons. The Balaban J connectivity index is 1.59. The molecule has 0 radical (unpaired) electrons. The zero-order chi connectivity index (χ0) is 23.8. The van der Waals surface area contributed by atoms with E-state index in [-0.39, 0.29) is 15.9 Å². The van der Waals surface area contributed by atoms with Gasteiger partial charge in [0, 0.05) is 24.5 Å². The van der Waals surface area contributed by atoms with E-state index in [1.165, 1.54) is 16.4 Å². The first-order valence-electron chi connectivity index (χ1n) is 10.8. The fraction of sp³-hybridized carbons (Fsp3) is 0.375. The van der Waals surface area contributed by atoms with Crippen LogP contribution in [0.5, 0.6) is 0 Å². The van der Waals surface area contributed by atoms with Crippen molar-refractivity contribution in [2.24, 2.45) is 5.92 Å². The fourth-order valence-electron chi connectivity index (χ4n) is 3.87. The first kappa shape index (κ1) is 23.5. The van der Waals surface area contributed by atoms with Crippen molar-refractivity contribution < 1.29 is 26.0 Å². The molecule has 2 aromatic carbocycles. The van der Waals surface area contributed by atoms with Crippen LogP contribution < -0.4 is 5.63 Å². The topological polar surface area (TPSA) is 67.6 Å². The van der Waals surface area contributed by atoms with Gasteiger partial charge in [-0.25, -0.2) is 13.2 Å². The largest absolute Gasteiger partial charge is 0.423 e. The quantitative estimate of drug-likeness (QED) is 0.416. The number of hydrogen-bond donors (Lipinski definition) is 0. The maximum atomic E-state index is 13.4. The zero-order valence-electron chi connectivity index (χ0n) is 18.1. The van der Waals surface area contributed by atoms with E-state index in [1.54, 1.807) is 30.3 Å². The minimum absolute atomic E-state index is 0.133. The second-order valence-electron chi connectivity index (χ2n) is 8.43. The van der Waals surface area contributed by atoms with Crippen LogP contribution in [-0.2, 0) is 22.6 Å². The first-order valence-corrected chi connectivity index (χ1v) is 12.2. The molecule has 5 nitrogen and oxygen atoms in total. The lowest BCUT2D eigenvalue weighted by Crippen LogP contribution is -2.33. The molecule has 1 aromatic heterocycles. The van der Waals surface area contributed by atoms with Gasteiger partial charge in [-0.05, 0) is 67.0 Å². The Kier molecular flexibility index (Phi) is 6.37. The molecule has 3 aromatic rings. The van der Waals surface area contributed by atoms with Crippen LogP contribution in [0.15, 0.2) is 62.6 Å². The van der Waals surface area contributed by atoms with Crippen LogP contribution in [-0.4, -0.2) is 25.8 Å². The van der Waals surface area contributed by atoms with E-state index >= 15 is 0 Å². The SMILES string of the molecule is CCCN(CC1CC1)S(=O)(=O)c1ccc(Cc2ccc3oc(=O)cc(C(F)(F)F)c3c2)cc1. The van der Waals surface area contributed by atoms with Gasteiger partial charge in [0.1, 0.15) is 5.58 Å². The van der Waals surface area contributed by atoms with Crippen LogP contribution in [0.2, 0.25) is 0 Å². The Morgan fingerprint density at radius 3 is 2.30 bits per heavy atom. The molecular formula is C24H24F3NO4S. The second-order valence-corrected chi connectivity index (χ2v) is 10.4. The molecule has 0 bridgehead atoms. The molecule has 33 heavy (non-hydrogen) atoms. The van der Waals surface area contributed by atoms with Gasteiger partial charge in [0.2, 0.25) is 10.0 Å². The van der Waals surface area contributed by atoms with Crippen molar-refractivity contribution in [3.05, 3.63) is 75.6 Å². The monoisotopic (exact) mass is 479 g/mol. The van der Waals surface area contributed by atoms with E-state index in [1.807, 2.05) is 6.92 Å². The summed E-state index contributed by atoms with van der Waals surface area (Å²) in [6.45, 7) is 2.94. The average Bonchev–Trinajstić information content (AvgIpc) is 3.57. The van der Waals surface area contributed by atoms with Crippen molar-refractivity contribution in [1.29, 1.82) is 0 Å². The van der Waals surface area contributed by atoms with Crippen LogP contribution >= 0.6 is 0 Å². The number of alkyl halides is 3. The number of sulfonamides is 1. The lowest BCUT2D eigenvalue weighted by atomic mass is 10.0. The molecule has 1 heterocycles. The number of nitrogens with zero attached hydrogens (tertiary/aromatic N) is 1. The van der Waals surface area contributed by atoms with Gasteiger partial charge in [0.15, 0.2) is 0 Å². The van der Waals surface area contributed by atoms with Crippen LogP contribution in [0, 0.1) is 5.92 Å². The number of rotatable bonds is 8. The summed E-state index contributed by atoms with van der Waals surface area (Å²) in [7, 11) is -3.60. The maximum absolute atomic E-state index is 13.4. The molecule has 0 N–H and O–H groups in total. The Labute approximate surface area is 189 Å². The minimum Gasteiger partial charge on any atom is -0.423 e. The highest BCUT2D eigenvalue weighted by atomic mass is 32.2. The molecule has 1 aliphatic rings. The van der Waals surface area contributed by atoms with Gasteiger partial charge in [-0.1, -0.05) is 25.1 Å². The molecule has 0 amide bonds. The minimum atomic E-state index is -4.69. The Morgan fingerprint density at radius 2 is 1.70 bits per heavy atom. The summed E-state index contributed by atoms with van der Waals surface area (Å²) in [5.41, 5.74) is -0.893. The van der Waals surface area contributed by atoms with E-state index in [9.17, 15) is 26.4 Å². The molecule has 4 rings (SSSR count). The normalized spacial score (nSPS) is 14.8. The zero-order valence-corrected chi connectivity index (χ0v) is 18.9. The van der Waals surface area contributed by atoms with Gasteiger partial charge in [0.05, 0.1) is 10.5 Å². The highest BCUT2D eigenvalue weighted by molar-refractivity contribution is 7.89. The fourth-order valence-corrected chi connectivity index (χ4v) is 5.47. The molecule has 1 saturated carbocycles. The van der Waals surface area contributed by atoms with Crippen molar-refractivity contribution >= 4 is 21.0 Å². The maximum Gasteiger partial charge on any atom is 0.417 e. The highest BCUT2D eigenvalue weighted by Gasteiger charge is 2.34. The Morgan fingerprint density at radius 1 is 1.03 bits per heavy atom. The summed E-state index contributed by atoms with van der Waals surface area (Å²) in [5.74, 6) is 0.435. The summed E-state index contributed by atoms with van der Waals surface area (Å²) in [4.78, 5) is 11.7. The van der Waals surface area contributed by atoms with E-state index in [4.69, 9.17) is 4.42 Å². The predicted molar refractivity (Wildman–Crippen MR) is 119 cm³/mol. The Bertz CT molecular complexity index is 1310. The molecule has 0 spiro atoms. The van der Waals surface area contributed by atoms with E-state index in [0.717, 1.165) is 24.8 Å². The smallest absolute Gasteiger partial charge is 0.417 e. The van der Waals surface area contributed by atoms with Gasteiger partial charge in [0.25, 0.3) is 0 Å². The number of benzene rings is 2. The van der Waals surface area contributed by atoms with Crippen molar-refractivity contribution in [3.8, 4) is 0 Å². The third-order valence-corrected chi connectivity index (χ3v) is 7.59. The van der Waals surface area contributed by atoms with Crippen molar-refractivity contribution in [1.82, 2.24) is 4.31 Å². The standard InChI is InChI=1S/C24H24F3NO4S/c1-2-11-28(15-17-3-4-17)33(30,31)19-8-5-16(6-9-19)12-18-7-10-22-20(13-18)21(24(25,26)27)14-23(29)32-22/h5-10,13-14,17H,2-4,11-12,15H2,1H3. The third kappa shape index (κ3) is 5.30. The lowest BCUT2D eigenvalue weighted by Gasteiger charge is -2.21. The van der Waals surface area contributed by atoms with Crippen molar-refractivity contribution in [2.45, 2.75) is 43.7 Å². The summed E-state index contributed by atoms with van der Waals surface area (Å²) in [6.07, 6.45) is -1.55. The molecule has 9 heteroatoms. The van der Waals surface area contributed by atoms with Crippen LogP contribution in [0.3, 0.4) is 0 Å². The summed E-state index contributed by atoms with van der Waals surface area (Å²) in [5, 5.41) is -0.186. The molecule has 1 aliphatic carbocycles. The summed E-state index contributed by atoms with van der Waals surface area (Å²) < 4.78 is 72.7. The second kappa shape index (κ2) is 8.95.